The number of hydrogen-bond donors (Lipinski definition) is 1. The van der Waals surface area contributed by atoms with Gasteiger partial charge in [0.2, 0.25) is 0 Å². The third kappa shape index (κ3) is 2.45. The standard InChI is InChI=1S/C18H20N4/c1-2-6-15(7-3-1)20-18-17(14-9-11-19-12-10-14)21-16-8-4-5-13-22(16)18/h4-5,8-13,15,20H,1-3,6-7H2. The lowest BCUT2D eigenvalue weighted by atomic mass is 9.95. The highest BCUT2D eigenvalue weighted by atomic mass is 15.1. The van der Waals surface area contributed by atoms with Crippen molar-refractivity contribution in [1.82, 2.24) is 14.4 Å². The third-order valence-electron chi connectivity index (χ3n) is 4.43. The molecule has 0 bridgehead atoms. The molecule has 3 heterocycles. The SMILES string of the molecule is c1ccn2c(NC3CCCCC3)c(-c3ccncc3)nc2c1. The Morgan fingerprint density at radius 1 is 1.00 bits per heavy atom. The Balaban J connectivity index is 1.79. The van der Waals surface area contributed by atoms with Crippen molar-refractivity contribution >= 4 is 11.5 Å². The van der Waals surface area contributed by atoms with Crippen molar-refractivity contribution in [2.24, 2.45) is 0 Å². The van der Waals surface area contributed by atoms with E-state index in [1.165, 1.54) is 32.1 Å². The van der Waals surface area contributed by atoms with Crippen LogP contribution in [0.15, 0.2) is 48.9 Å². The molecular weight excluding hydrogens is 272 g/mol. The molecular formula is C18H20N4. The zero-order chi connectivity index (χ0) is 14.8. The number of anilines is 1. The van der Waals surface area contributed by atoms with Gasteiger partial charge >= 0.3 is 0 Å². The zero-order valence-corrected chi connectivity index (χ0v) is 12.6. The molecule has 0 aliphatic heterocycles. The smallest absolute Gasteiger partial charge is 0.139 e. The van der Waals surface area contributed by atoms with E-state index in [0.29, 0.717) is 6.04 Å². The molecule has 1 aliphatic carbocycles. The minimum Gasteiger partial charge on any atom is -0.367 e. The Morgan fingerprint density at radius 3 is 2.64 bits per heavy atom. The first-order chi connectivity index (χ1) is 10.9. The molecule has 1 N–H and O–H groups in total. The number of nitrogens with one attached hydrogen (secondary N) is 1. The number of nitrogens with zero attached hydrogens (tertiary/aromatic N) is 3. The summed E-state index contributed by atoms with van der Waals surface area (Å²) < 4.78 is 2.16. The first-order valence-electron chi connectivity index (χ1n) is 8.06. The molecule has 4 heteroatoms. The molecule has 0 aromatic carbocycles. The maximum absolute atomic E-state index is 4.82. The van der Waals surface area contributed by atoms with Gasteiger partial charge in [0.25, 0.3) is 0 Å². The van der Waals surface area contributed by atoms with E-state index >= 15 is 0 Å². The Labute approximate surface area is 130 Å². The maximum atomic E-state index is 4.82. The highest BCUT2D eigenvalue weighted by molar-refractivity contribution is 5.76. The van der Waals surface area contributed by atoms with Crippen molar-refractivity contribution < 1.29 is 0 Å². The zero-order valence-electron chi connectivity index (χ0n) is 12.6. The van der Waals surface area contributed by atoms with Gasteiger partial charge in [-0.05, 0) is 37.1 Å². The summed E-state index contributed by atoms with van der Waals surface area (Å²) in [6, 6.07) is 10.7. The van der Waals surface area contributed by atoms with Crippen LogP contribution in [0.2, 0.25) is 0 Å². The molecule has 3 aromatic heterocycles. The summed E-state index contributed by atoms with van der Waals surface area (Å²) in [5.41, 5.74) is 3.10. The van der Waals surface area contributed by atoms with Crippen LogP contribution < -0.4 is 5.32 Å². The van der Waals surface area contributed by atoms with E-state index in [0.717, 1.165) is 22.7 Å². The second-order valence-electron chi connectivity index (χ2n) is 5.95. The Morgan fingerprint density at radius 2 is 1.82 bits per heavy atom. The van der Waals surface area contributed by atoms with E-state index in [2.05, 4.69) is 33.0 Å². The van der Waals surface area contributed by atoms with Gasteiger partial charge in [0.05, 0.1) is 0 Å². The van der Waals surface area contributed by atoms with Crippen molar-refractivity contribution in [3.05, 3.63) is 48.9 Å². The summed E-state index contributed by atoms with van der Waals surface area (Å²) in [5, 5.41) is 3.75. The molecule has 0 spiro atoms. The fourth-order valence-electron chi connectivity index (χ4n) is 3.29. The van der Waals surface area contributed by atoms with Gasteiger partial charge in [-0.2, -0.15) is 0 Å². The van der Waals surface area contributed by atoms with Gasteiger partial charge in [-0.25, -0.2) is 4.98 Å². The van der Waals surface area contributed by atoms with E-state index in [1.54, 1.807) is 0 Å². The molecule has 3 aromatic rings. The van der Waals surface area contributed by atoms with Crippen LogP contribution in [0.3, 0.4) is 0 Å². The van der Waals surface area contributed by atoms with Gasteiger partial charge in [-0.15, -0.1) is 0 Å². The number of hydrogen-bond acceptors (Lipinski definition) is 3. The van der Waals surface area contributed by atoms with E-state index < -0.39 is 0 Å². The van der Waals surface area contributed by atoms with Crippen LogP contribution in [-0.4, -0.2) is 20.4 Å². The second kappa shape index (κ2) is 5.79. The first-order valence-corrected chi connectivity index (χ1v) is 8.06. The summed E-state index contributed by atoms with van der Waals surface area (Å²) in [7, 11) is 0. The lowest BCUT2D eigenvalue weighted by Gasteiger charge is -2.24. The van der Waals surface area contributed by atoms with Crippen LogP contribution in [0.5, 0.6) is 0 Å². The van der Waals surface area contributed by atoms with Crippen molar-refractivity contribution in [2.75, 3.05) is 5.32 Å². The van der Waals surface area contributed by atoms with Gasteiger partial charge < -0.3 is 5.32 Å². The van der Waals surface area contributed by atoms with E-state index in [4.69, 9.17) is 4.98 Å². The molecule has 112 valence electrons. The van der Waals surface area contributed by atoms with E-state index in [1.807, 2.05) is 30.6 Å². The average molecular weight is 292 g/mol. The minimum absolute atomic E-state index is 0.550. The van der Waals surface area contributed by atoms with Crippen LogP contribution >= 0.6 is 0 Å². The predicted octanol–water partition coefficient (Wildman–Crippen LogP) is 4.14. The number of imidazole rings is 1. The van der Waals surface area contributed by atoms with Crippen LogP contribution in [0.1, 0.15) is 32.1 Å². The molecule has 4 rings (SSSR count). The highest BCUT2D eigenvalue weighted by Crippen LogP contribution is 2.31. The fourth-order valence-corrected chi connectivity index (χ4v) is 3.29. The molecule has 0 amide bonds. The predicted molar refractivity (Wildman–Crippen MR) is 88.9 cm³/mol. The van der Waals surface area contributed by atoms with Crippen molar-refractivity contribution in [3.8, 4) is 11.3 Å². The van der Waals surface area contributed by atoms with Crippen molar-refractivity contribution in [2.45, 2.75) is 38.1 Å². The lowest BCUT2D eigenvalue weighted by molar-refractivity contribution is 0.462. The van der Waals surface area contributed by atoms with Crippen LogP contribution in [0.25, 0.3) is 16.9 Å². The molecule has 0 saturated heterocycles. The van der Waals surface area contributed by atoms with Gasteiger partial charge in [-0.3, -0.25) is 9.38 Å². The summed E-state index contributed by atoms with van der Waals surface area (Å²) in [6.07, 6.45) is 12.2. The number of rotatable bonds is 3. The first kappa shape index (κ1) is 13.3. The van der Waals surface area contributed by atoms with E-state index in [9.17, 15) is 0 Å². The molecule has 4 nitrogen and oxygen atoms in total. The highest BCUT2D eigenvalue weighted by Gasteiger charge is 2.19. The maximum Gasteiger partial charge on any atom is 0.139 e. The van der Waals surface area contributed by atoms with Crippen LogP contribution in [0, 0.1) is 0 Å². The van der Waals surface area contributed by atoms with E-state index in [-0.39, 0.29) is 0 Å². The van der Waals surface area contributed by atoms with Gasteiger partial charge in [0.1, 0.15) is 17.2 Å². The number of pyridine rings is 2. The van der Waals surface area contributed by atoms with Gasteiger partial charge in [-0.1, -0.05) is 25.3 Å². The average Bonchev–Trinajstić information content (AvgIpc) is 2.95. The molecule has 0 unspecified atom stereocenters. The topological polar surface area (TPSA) is 42.2 Å². The Kier molecular flexibility index (Phi) is 3.51. The second-order valence-corrected chi connectivity index (χ2v) is 5.95. The summed E-state index contributed by atoms with van der Waals surface area (Å²) >= 11 is 0. The third-order valence-corrected chi connectivity index (χ3v) is 4.43. The van der Waals surface area contributed by atoms with Gasteiger partial charge in [0.15, 0.2) is 0 Å². The van der Waals surface area contributed by atoms with Crippen molar-refractivity contribution in [1.29, 1.82) is 0 Å². The Bertz CT molecular complexity index is 757. The van der Waals surface area contributed by atoms with Gasteiger partial charge in [0, 0.05) is 30.2 Å². The van der Waals surface area contributed by atoms with Crippen LogP contribution in [0.4, 0.5) is 5.82 Å². The molecule has 22 heavy (non-hydrogen) atoms. The molecule has 0 atom stereocenters. The molecule has 0 radical (unpaired) electrons. The quantitative estimate of drug-likeness (QED) is 0.789. The summed E-state index contributed by atoms with van der Waals surface area (Å²) in [4.78, 5) is 8.94. The monoisotopic (exact) mass is 292 g/mol. The lowest BCUT2D eigenvalue weighted by Crippen LogP contribution is -2.23. The molecule has 1 fully saturated rings. The summed E-state index contributed by atoms with van der Waals surface area (Å²) in [5.74, 6) is 1.11. The fraction of sp³-hybridized carbons (Fsp3) is 0.333. The Hall–Kier alpha value is -2.36. The van der Waals surface area contributed by atoms with Crippen LogP contribution in [-0.2, 0) is 0 Å². The number of fused-ring (bicyclic) bond motifs is 1. The summed E-state index contributed by atoms with van der Waals surface area (Å²) in [6.45, 7) is 0. The molecule has 1 saturated carbocycles. The minimum atomic E-state index is 0.550. The largest absolute Gasteiger partial charge is 0.367 e. The normalized spacial score (nSPS) is 16.0. The molecule has 1 aliphatic rings. The number of aromatic nitrogens is 3. The van der Waals surface area contributed by atoms with Crippen molar-refractivity contribution in [3.63, 3.8) is 0 Å².